The van der Waals surface area contributed by atoms with Crippen molar-refractivity contribution in [3.8, 4) is 5.75 Å². The summed E-state index contributed by atoms with van der Waals surface area (Å²) in [5, 5.41) is 4.32. The third-order valence-electron chi connectivity index (χ3n) is 4.08. The molecular formula is C16H22ClNOS. The predicted octanol–water partition coefficient (Wildman–Crippen LogP) is 4.43. The van der Waals surface area contributed by atoms with E-state index in [1.54, 1.807) is 0 Å². The first kappa shape index (κ1) is 14.6. The number of nitrogens with one attached hydrogen (secondary N) is 1. The van der Waals surface area contributed by atoms with Crippen LogP contribution < -0.4 is 10.1 Å². The van der Waals surface area contributed by atoms with E-state index in [1.165, 1.54) is 37.0 Å². The molecule has 110 valence electrons. The summed E-state index contributed by atoms with van der Waals surface area (Å²) in [5.74, 6) is 3.20. The van der Waals surface area contributed by atoms with Gasteiger partial charge >= 0.3 is 0 Å². The molecule has 0 aliphatic carbocycles. The number of halogens is 1. The van der Waals surface area contributed by atoms with Crippen molar-refractivity contribution >= 4 is 23.4 Å². The van der Waals surface area contributed by atoms with Crippen LogP contribution in [0.15, 0.2) is 18.2 Å². The van der Waals surface area contributed by atoms with E-state index in [0.29, 0.717) is 12.1 Å². The van der Waals surface area contributed by atoms with Crippen LogP contribution in [0.25, 0.3) is 0 Å². The van der Waals surface area contributed by atoms with Crippen molar-refractivity contribution in [1.29, 1.82) is 0 Å². The normalized spacial score (nSPS) is 27.2. The Bertz CT molecular complexity index is 442. The Morgan fingerprint density at radius 2 is 2.15 bits per heavy atom. The average molecular weight is 312 g/mol. The number of piperidine rings is 1. The highest BCUT2D eigenvalue weighted by molar-refractivity contribution is 7.99. The third-order valence-corrected chi connectivity index (χ3v) is 5.56. The summed E-state index contributed by atoms with van der Waals surface area (Å²) in [6.07, 6.45) is 6.50. The van der Waals surface area contributed by atoms with Crippen molar-refractivity contribution in [3.05, 3.63) is 28.8 Å². The monoisotopic (exact) mass is 311 g/mol. The summed E-state index contributed by atoms with van der Waals surface area (Å²) < 4.78 is 6.06. The van der Waals surface area contributed by atoms with Gasteiger partial charge < -0.3 is 10.1 Å². The third kappa shape index (κ3) is 3.63. The number of ether oxygens (including phenoxy) is 1. The highest BCUT2D eigenvalue weighted by Gasteiger charge is 2.19. The van der Waals surface area contributed by atoms with Crippen LogP contribution in [0, 0.1) is 0 Å². The van der Waals surface area contributed by atoms with Crippen LogP contribution in [0.2, 0.25) is 5.02 Å². The van der Waals surface area contributed by atoms with E-state index in [0.717, 1.165) is 29.5 Å². The average Bonchev–Trinajstić information content (AvgIpc) is 2.51. The molecule has 0 amide bonds. The molecular weight excluding hydrogens is 290 g/mol. The second-order valence-corrected chi connectivity index (χ2v) is 7.21. The van der Waals surface area contributed by atoms with Crippen molar-refractivity contribution in [2.24, 2.45) is 0 Å². The Kier molecular flexibility index (Phi) is 5.14. The zero-order chi connectivity index (χ0) is 13.8. The summed E-state index contributed by atoms with van der Waals surface area (Å²) in [6, 6.07) is 6.75. The highest BCUT2D eigenvalue weighted by Crippen LogP contribution is 2.32. The summed E-state index contributed by atoms with van der Waals surface area (Å²) >= 11 is 8.38. The summed E-state index contributed by atoms with van der Waals surface area (Å²) in [4.78, 5) is 0. The van der Waals surface area contributed by atoms with Gasteiger partial charge in [-0.15, -0.1) is 0 Å². The first-order valence-corrected chi connectivity index (χ1v) is 9.13. The Hall–Kier alpha value is -0.380. The lowest BCUT2D eigenvalue weighted by atomic mass is 9.97. The lowest BCUT2D eigenvalue weighted by Crippen LogP contribution is -2.27. The minimum Gasteiger partial charge on any atom is -0.488 e. The van der Waals surface area contributed by atoms with E-state index in [1.807, 2.05) is 17.8 Å². The van der Waals surface area contributed by atoms with Gasteiger partial charge in [-0.25, -0.2) is 0 Å². The molecule has 0 aromatic heterocycles. The van der Waals surface area contributed by atoms with Gasteiger partial charge in [0.1, 0.15) is 11.9 Å². The van der Waals surface area contributed by atoms with Crippen LogP contribution in [0.5, 0.6) is 5.75 Å². The van der Waals surface area contributed by atoms with Crippen molar-refractivity contribution in [2.75, 3.05) is 18.1 Å². The fourth-order valence-electron chi connectivity index (χ4n) is 2.95. The maximum absolute atomic E-state index is 6.41. The van der Waals surface area contributed by atoms with Crippen molar-refractivity contribution in [1.82, 2.24) is 5.32 Å². The molecule has 1 aromatic carbocycles. The Morgan fingerprint density at radius 1 is 1.20 bits per heavy atom. The lowest BCUT2D eigenvalue weighted by Gasteiger charge is -2.26. The van der Waals surface area contributed by atoms with Gasteiger partial charge in [0.25, 0.3) is 0 Å². The number of benzene rings is 1. The summed E-state index contributed by atoms with van der Waals surface area (Å²) in [6.45, 7) is 1.11. The van der Waals surface area contributed by atoms with Gasteiger partial charge in [-0.1, -0.05) is 24.1 Å². The van der Waals surface area contributed by atoms with E-state index >= 15 is 0 Å². The smallest absolute Gasteiger partial charge is 0.138 e. The second kappa shape index (κ2) is 7.06. The summed E-state index contributed by atoms with van der Waals surface area (Å²) in [7, 11) is 0. The van der Waals surface area contributed by atoms with Gasteiger partial charge in [0.2, 0.25) is 0 Å². The first-order chi connectivity index (χ1) is 9.83. The molecule has 2 unspecified atom stereocenters. The highest BCUT2D eigenvalue weighted by atomic mass is 35.5. The molecule has 2 atom stereocenters. The van der Waals surface area contributed by atoms with Crippen LogP contribution in [-0.4, -0.2) is 24.2 Å². The van der Waals surface area contributed by atoms with Crippen LogP contribution in [0.3, 0.4) is 0 Å². The Morgan fingerprint density at radius 3 is 2.85 bits per heavy atom. The number of rotatable bonds is 3. The molecule has 2 nitrogen and oxygen atoms in total. The molecule has 1 aromatic rings. The van der Waals surface area contributed by atoms with Crippen LogP contribution in [0.1, 0.15) is 43.7 Å². The zero-order valence-corrected chi connectivity index (χ0v) is 13.3. The minimum absolute atomic E-state index is 0.324. The SMILES string of the molecule is Clc1cc(C2CCCCN2)ccc1OC1CCCSC1. The van der Waals surface area contributed by atoms with Crippen molar-refractivity contribution in [2.45, 2.75) is 44.2 Å². The van der Waals surface area contributed by atoms with Gasteiger partial charge in [-0.05, 0) is 55.7 Å². The molecule has 4 heteroatoms. The second-order valence-electron chi connectivity index (χ2n) is 5.65. The van der Waals surface area contributed by atoms with E-state index < -0.39 is 0 Å². The molecule has 20 heavy (non-hydrogen) atoms. The fourth-order valence-corrected chi connectivity index (χ4v) is 4.22. The van der Waals surface area contributed by atoms with E-state index in [4.69, 9.17) is 16.3 Å². The fraction of sp³-hybridized carbons (Fsp3) is 0.625. The predicted molar refractivity (Wildman–Crippen MR) is 87.0 cm³/mol. The van der Waals surface area contributed by atoms with Crippen LogP contribution >= 0.6 is 23.4 Å². The van der Waals surface area contributed by atoms with Gasteiger partial charge in [0.15, 0.2) is 0 Å². The molecule has 1 N–H and O–H groups in total. The number of thioether (sulfide) groups is 1. The van der Waals surface area contributed by atoms with E-state index in [9.17, 15) is 0 Å². The molecule has 3 rings (SSSR count). The molecule has 2 aliphatic heterocycles. The van der Waals surface area contributed by atoms with E-state index in [2.05, 4.69) is 17.4 Å². The maximum Gasteiger partial charge on any atom is 0.138 e. The molecule has 2 aliphatic rings. The Balaban J connectivity index is 1.66. The van der Waals surface area contributed by atoms with E-state index in [-0.39, 0.29) is 0 Å². The molecule has 0 saturated carbocycles. The maximum atomic E-state index is 6.41. The minimum atomic E-state index is 0.324. The topological polar surface area (TPSA) is 21.3 Å². The van der Waals surface area contributed by atoms with Crippen LogP contribution in [-0.2, 0) is 0 Å². The molecule has 2 heterocycles. The number of hydrogen-bond acceptors (Lipinski definition) is 3. The Labute approximate surface area is 130 Å². The quantitative estimate of drug-likeness (QED) is 0.892. The summed E-state index contributed by atoms with van der Waals surface area (Å²) in [5.41, 5.74) is 1.29. The first-order valence-electron chi connectivity index (χ1n) is 7.60. The zero-order valence-electron chi connectivity index (χ0n) is 11.7. The number of hydrogen-bond donors (Lipinski definition) is 1. The van der Waals surface area contributed by atoms with Gasteiger partial charge in [0.05, 0.1) is 5.02 Å². The van der Waals surface area contributed by atoms with Crippen LogP contribution in [0.4, 0.5) is 0 Å². The standard InChI is InChI=1S/C16H22ClNOS/c17-14-10-12(15-5-1-2-8-18-15)6-7-16(14)19-13-4-3-9-20-11-13/h6-7,10,13,15,18H,1-5,8-9,11H2. The van der Waals surface area contributed by atoms with Gasteiger partial charge in [-0.2, -0.15) is 11.8 Å². The molecule has 2 fully saturated rings. The molecule has 0 radical (unpaired) electrons. The molecule has 0 bridgehead atoms. The van der Waals surface area contributed by atoms with Gasteiger partial charge in [-0.3, -0.25) is 0 Å². The molecule has 0 spiro atoms. The molecule has 2 saturated heterocycles. The van der Waals surface area contributed by atoms with Crippen molar-refractivity contribution < 1.29 is 4.74 Å². The lowest BCUT2D eigenvalue weighted by molar-refractivity contribution is 0.211. The van der Waals surface area contributed by atoms with Gasteiger partial charge in [0, 0.05) is 11.8 Å². The van der Waals surface area contributed by atoms with Crippen molar-refractivity contribution in [3.63, 3.8) is 0 Å². The largest absolute Gasteiger partial charge is 0.488 e.